The van der Waals surface area contributed by atoms with E-state index >= 15 is 0 Å². The Kier molecular flexibility index (Phi) is 6.27. The van der Waals surface area contributed by atoms with Crippen LogP contribution in [0.5, 0.6) is 0 Å². The molecular weight excluding hydrogens is 276 g/mol. The first-order valence-electron chi connectivity index (χ1n) is 6.12. The number of aliphatic hydroxyl groups is 6. The summed E-state index contributed by atoms with van der Waals surface area (Å²) in [5, 5.41) is 55.5. The van der Waals surface area contributed by atoms with Crippen LogP contribution in [0.2, 0.25) is 0 Å². The molecule has 0 amide bonds. The maximum Gasteiger partial charge on any atom is 0.311 e. The Morgan fingerprint density at radius 1 is 1.20 bits per heavy atom. The molecule has 0 radical (unpaired) electrons. The van der Waals surface area contributed by atoms with Crippen LogP contribution in [0.15, 0.2) is 0 Å². The zero-order valence-electron chi connectivity index (χ0n) is 10.9. The van der Waals surface area contributed by atoms with E-state index in [4.69, 9.17) is 14.6 Å². The molecule has 0 bridgehead atoms. The van der Waals surface area contributed by atoms with Gasteiger partial charge in [-0.2, -0.15) is 0 Å². The van der Waals surface area contributed by atoms with Gasteiger partial charge < -0.3 is 40.1 Å². The number of carbonyl (C=O) groups is 1. The van der Waals surface area contributed by atoms with Gasteiger partial charge in [0.15, 0.2) is 6.29 Å². The van der Waals surface area contributed by atoms with E-state index in [0.717, 1.165) is 0 Å². The molecule has 1 aliphatic heterocycles. The molecule has 9 nitrogen and oxygen atoms in total. The highest BCUT2D eigenvalue weighted by Crippen LogP contribution is 2.20. The second-order valence-corrected chi connectivity index (χ2v) is 4.71. The molecule has 0 spiro atoms. The van der Waals surface area contributed by atoms with Crippen molar-refractivity contribution in [2.24, 2.45) is 5.92 Å². The summed E-state index contributed by atoms with van der Waals surface area (Å²) in [4.78, 5) is 11.5. The lowest BCUT2D eigenvalue weighted by Crippen LogP contribution is -2.58. The first kappa shape index (κ1) is 17.2. The lowest BCUT2D eigenvalue weighted by molar-refractivity contribution is -0.287. The van der Waals surface area contributed by atoms with E-state index in [9.17, 15) is 30.3 Å². The molecule has 0 aromatic carbocycles. The van der Waals surface area contributed by atoms with Crippen molar-refractivity contribution >= 4 is 5.97 Å². The van der Waals surface area contributed by atoms with Crippen LogP contribution in [-0.2, 0) is 14.3 Å². The lowest BCUT2D eigenvalue weighted by atomic mass is 9.99. The Balaban J connectivity index is 2.51. The molecule has 0 saturated carbocycles. The van der Waals surface area contributed by atoms with Crippen molar-refractivity contribution in [2.45, 2.75) is 43.7 Å². The molecule has 0 aliphatic carbocycles. The van der Waals surface area contributed by atoms with Gasteiger partial charge in [-0.25, -0.2) is 0 Å². The van der Waals surface area contributed by atoms with Crippen LogP contribution < -0.4 is 0 Å². The van der Waals surface area contributed by atoms with Crippen LogP contribution in [0.4, 0.5) is 0 Å². The molecule has 2 unspecified atom stereocenters. The van der Waals surface area contributed by atoms with Crippen molar-refractivity contribution in [3.8, 4) is 0 Å². The number of carbonyl (C=O) groups excluding carboxylic acids is 1. The fourth-order valence-corrected chi connectivity index (χ4v) is 1.68. The standard InChI is InChI=1S/C11H20O9/c1-4(5(13)2-12)10(17)19-3-6-7(14)8(15)9(16)11(18)20-6/h4-9,11-16,18H,2-3H2,1H3/t4?,5-,6+,7+,8-,9+,11?/m0/s1. The van der Waals surface area contributed by atoms with Crippen LogP contribution in [0, 0.1) is 5.92 Å². The Morgan fingerprint density at radius 3 is 2.35 bits per heavy atom. The molecule has 1 aliphatic rings. The van der Waals surface area contributed by atoms with Gasteiger partial charge in [-0.1, -0.05) is 0 Å². The molecule has 9 heteroatoms. The highest BCUT2D eigenvalue weighted by Gasteiger charge is 2.43. The lowest BCUT2D eigenvalue weighted by Gasteiger charge is -2.38. The van der Waals surface area contributed by atoms with E-state index in [0.29, 0.717) is 0 Å². The first-order chi connectivity index (χ1) is 9.29. The molecule has 1 rings (SSSR count). The number of rotatable bonds is 5. The van der Waals surface area contributed by atoms with Gasteiger partial charge in [0.1, 0.15) is 31.0 Å². The minimum absolute atomic E-state index is 0.483. The third kappa shape index (κ3) is 3.85. The molecule has 0 aromatic heterocycles. The first-order valence-corrected chi connectivity index (χ1v) is 6.12. The summed E-state index contributed by atoms with van der Waals surface area (Å²) in [6.07, 6.45) is -9.05. The van der Waals surface area contributed by atoms with Crippen LogP contribution in [-0.4, -0.2) is 86.6 Å². The maximum atomic E-state index is 11.5. The molecule has 1 heterocycles. The van der Waals surface area contributed by atoms with Crippen molar-refractivity contribution in [1.82, 2.24) is 0 Å². The average molecular weight is 296 g/mol. The highest BCUT2D eigenvalue weighted by atomic mass is 16.6. The van der Waals surface area contributed by atoms with Crippen molar-refractivity contribution in [3.63, 3.8) is 0 Å². The van der Waals surface area contributed by atoms with E-state index in [1.165, 1.54) is 6.92 Å². The van der Waals surface area contributed by atoms with E-state index in [1.54, 1.807) is 0 Å². The predicted octanol–water partition coefficient (Wildman–Crippen LogP) is -3.68. The van der Waals surface area contributed by atoms with Gasteiger partial charge >= 0.3 is 5.97 Å². The second-order valence-electron chi connectivity index (χ2n) is 4.71. The number of hydrogen-bond donors (Lipinski definition) is 6. The minimum atomic E-state index is -1.71. The van der Waals surface area contributed by atoms with Gasteiger partial charge in [0.25, 0.3) is 0 Å². The zero-order chi connectivity index (χ0) is 15.4. The number of hydrogen-bond acceptors (Lipinski definition) is 9. The summed E-state index contributed by atoms with van der Waals surface area (Å²) in [6.45, 7) is 0.251. The fourth-order valence-electron chi connectivity index (χ4n) is 1.68. The fraction of sp³-hybridized carbons (Fsp3) is 0.909. The summed E-state index contributed by atoms with van der Waals surface area (Å²) in [5.74, 6) is -1.82. The normalized spacial score (nSPS) is 37.2. The molecule has 1 fully saturated rings. The predicted molar refractivity (Wildman–Crippen MR) is 62.1 cm³/mol. The Hall–Kier alpha value is -0.810. The van der Waals surface area contributed by atoms with E-state index in [2.05, 4.69) is 0 Å². The summed E-state index contributed by atoms with van der Waals surface area (Å²) in [5.41, 5.74) is 0. The van der Waals surface area contributed by atoms with E-state index in [-0.39, 0.29) is 0 Å². The summed E-state index contributed by atoms with van der Waals surface area (Å²) < 4.78 is 9.57. The summed E-state index contributed by atoms with van der Waals surface area (Å²) in [6, 6.07) is 0. The van der Waals surface area contributed by atoms with Crippen LogP contribution in [0.1, 0.15) is 6.92 Å². The molecule has 0 aromatic rings. The monoisotopic (exact) mass is 296 g/mol. The van der Waals surface area contributed by atoms with Gasteiger partial charge in [-0.3, -0.25) is 4.79 Å². The largest absolute Gasteiger partial charge is 0.463 e. The molecule has 20 heavy (non-hydrogen) atoms. The Labute approximate surface area is 115 Å². The third-order valence-corrected chi connectivity index (χ3v) is 3.21. The Bertz CT molecular complexity index is 323. The quantitative estimate of drug-likeness (QED) is 0.281. The van der Waals surface area contributed by atoms with Gasteiger partial charge in [-0.15, -0.1) is 0 Å². The zero-order valence-corrected chi connectivity index (χ0v) is 10.9. The highest BCUT2D eigenvalue weighted by molar-refractivity contribution is 5.72. The molecular formula is C11H20O9. The van der Waals surface area contributed by atoms with E-state index in [1.807, 2.05) is 0 Å². The van der Waals surface area contributed by atoms with Crippen molar-refractivity contribution in [1.29, 1.82) is 0 Å². The molecule has 118 valence electrons. The average Bonchev–Trinajstić information content (AvgIpc) is 2.45. The second kappa shape index (κ2) is 7.27. The summed E-state index contributed by atoms with van der Waals surface area (Å²) in [7, 11) is 0. The van der Waals surface area contributed by atoms with E-state index < -0.39 is 61.9 Å². The number of esters is 1. The van der Waals surface area contributed by atoms with Gasteiger partial charge in [0.2, 0.25) is 0 Å². The SMILES string of the molecule is CC(C(=O)OC[C@H]1OC(O)[C@H](O)[C@@H](O)[C@@H]1O)[C@@H](O)CO. The smallest absolute Gasteiger partial charge is 0.311 e. The maximum absolute atomic E-state index is 11.5. The topological polar surface area (TPSA) is 157 Å². The third-order valence-electron chi connectivity index (χ3n) is 3.21. The van der Waals surface area contributed by atoms with Crippen molar-refractivity contribution in [2.75, 3.05) is 13.2 Å². The molecule has 7 atom stereocenters. The van der Waals surface area contributed by atoms with Crippen LogP contribution >= 0.6 is 0 Å². The summed E-state index contributed by atoms with van der Waals surface area (Å²) >= 11 is 0. The van der Waals surface area contributed by atoms with Crippen molar-refractivity contribution in [3.05, 3.63) is 0 Å². The number of ether oxygens (including phenoxy) is 2. The molecule has 1 saturated heterocycles. The molecule has 6 N–H and O–H groups in total. The van der Waals surface area contributed by atoms with Crippen LogP contribution in [0.25, 0.3) is 0 Å². The number of aliphatic hydroxyl groups excluding tert-OH is 6. The Morgan fingerprint density at radius 2 is 1.80 bits per heavy atom. The minimum Gasteiger partial charge on any atom is -0.463 e. The van der Waals surface area contributed by atoms with Crippen molar-refractivity contribution < 1.29 is 44.9 Å². The van der Waals surface area contributed by atoms with Gasteiger partial charge in [-0.05, 0) is 6.92 Å². The van der Waals surface area contributed by atoms with Crippen LogP contribution in [0.3, 0.4) is 0 Å². The van der Waals surface area contributed by atoms with Gasteiger partial charge in [0, 0.05) is 0 Å². The van der Waals surface area contributed by atoms with Gasteiger partial charge in [0.05, 0.1) is 18.6 Å².